The molecule has 0 radical (unpaired) electrons. The van der Waals surface area contributed by atoms with Crippen LogP contribution in [0, 0.1) is 0 Å². The third-order valence-corrected chi connectivity index (χ3v) is 8.62. The predicted molar refractivity (Wildman–Crippen MR) is 191 cm³/mol. The van der Waals surface area contributed by atoms with E-state index in [1.807, 2.05) is 60.7 Å². The first-order valence-corrected chi connectivity index (χ1v) is 15.7. The molecule has 0 aliphatic heterocycles. The second-order valence-electron chi connectivity index (χ2n) is 11.5. The van der Waals surface area contributed by atoms with Gasteiger partial charge in [0.25, 0.3) is 0 Å². The second-order valence-corrected chi connectivity index (χ2v) is 11.5. The van der Waals surface area contributed by atoms with Crippen LogP contribution in [-0.2, 0) is 0 Å². The largest absolute Gasteiger partial charge is 0.277 e. The van der Waals surface area contributed by atoms with Crippen molar-refractivity contribution >= 4 is 27.3 Å². The molecule has 0 aliphatic rings. The topological polar surface area (TPSA) is 56.0 Å². The molecule has 0 spiro atoms. The highest BCUT2D eigenvalue weighted by atomic mass is 15.1. The van der Waals surface area contributed by atoms with E-state index in [4.69, 9.17) is 19.9 Å². The summed E-state index contributed by atoms with van der Waals surface area (Å²) >= 11 is 0. The first-order chi connectivity index (χ1) is 23.3. The zero-order valence-corrected chi connectivity index (χ0v) is 25.3. The fourth-order valence-electron chi connectivity index (χ4n) is 6.40. The predicted octanol–water partition coefficient (Wildman–Crippen LogP) is 10.2. The van der Waals surface area contributed by atoms with Crippen molar-refractivity contribution in [1.82, 2.24) is 24.3 Å². The zero-order chi connectivity index (χ0) is 31.2. The van der Waals surface area contributed by atoms with Crippen molar-refractivity contribution < 1.29 is 0 Å². The molecular formula is C42H27N5. The molecule has 0 unspecified atom stereocenters. The van der Waals surface area contributed by atoms with Gasteiger partial charge < -0.3 is 0 Å². The van der Waals surface area contributed by atoms with Gasteiger partial charge in [0.15, 0.2) is 11.6 Å². The van der Waals surface area contributed by atoms with E-state index in [0.29, 0.717) is 11.6 Å². The van der Waals surface area contributed by atoms with Crippen LogP contribution in [0.3, 0.4) is 0 Å². The number of benzene rings is 6. The molecule has 0 atom stereocenters. The van der Waals surface area contributed by atoms with Crippen LogP contribution in [0.2, 0.25) is 0 Å². The Morgan fingerprint density at radius 2 is 0.851 bits per heavy atom. The van der Waals surface area contributed by atoms with Crippen LogP contribution in [0.25, 0.3) is 84.0 Å². The Hall–Kier alpha value is -6.46. The van der Waals surface area contributed by atoms with Gasteiger partial charge in [0.05, 0.1) is 16.9 Å². The molecular weight excluding hydrogens is 574 g/mol. The third-order valence-electron chi connectivity index (χ3n) is 8.62. The molecule has 0 aliphatic carbocycles. The van der Waals surface area contributed by atoms with Crippen LogP contribution in [0.5, 0.6) is 0 Å². The van der Waals surface area contributed by atoms with Crippen molar-refractivity contribution in [2.75, 3.05) is 0 Å². The van der Waals surface area contributed by atoms with Crippen LogP contribution in [0.15, 0.2) is 164 Å². The van der Waals surface area contributed by atoms with Crippen LogP contribution < -0.4 is 0 Å². The van der Waals surface area contributed by atoms with E-state index in [2.05, 4.69) is 108 Å². The lowest BCUT2D eigenvalue weighted by Crippen LogP contribution is -2.03. The number of rotatable bonds is 5. The van der Waals surface area contributed by atoms with Gasteiger partial charge in [-0.05, 0) is 11.6 Å². The summed E-state index contributed by atoms with van der Waals surface area (Å²) in [6, 6.07) is 56.0. The first kappa shape index (κ1) is 26.9. The fraction of sp³-hybridized carbons (Fsp3) is 0. The molecule has 0 saturated heterocycles. The summed E-state index contributed by atoms with van der Waals surface area (Å²) in [5.41, 5.74) is 8.83. The summed E-state index contributed by atoms with van der Waals surface area (Å²) in [4.78, 5) is 20.5. The van der Waals surface area contributed by atoms with Gasteiger partial charge in [0.2, 0.25) is 0 Å². The summed E-state index contributed by atoms with van der Waals surface area (Å²) in [6.07, 6.45) is 0. The highest BCUT2D eigenvalue weighted by Crippen LogP contribution is 2.38. The van der Waals surface area contributed by atoms with E-state index in [1.54, 1.807) is 0 Å². The molecule has 0 fully saturated rings. The SMILES string of the molecule is c1ccc(-c2nc(-c3ccc(-c4nc(-c5ccccc5)c5ccccc5n4)cc3)n3c(-c4ccccc4)c4ccccc4c3n2)cc1. The first-order valence-electron chi connectivity index (χ1n) is 15.7. The Morgan fingerprint density at radius 1 is 0.340 bits per heavy atom. The van der Waals surface area contributed by atoms with E-state index < -0.39 is 0 Å². The minimum absolute atomic E-state index is 0.684. The number of hydrogen-bond acceptors (Lipinski definition) is 4. The Balaban J connectivity index is 1.26. The fourth-order valence-corrected chi connectivity index (χ4v) is 6.40. The minimum atomic E-state index is 0.684. The Labute approximate surface area is 271 Å². The molecule has 0 bridgehead atoms. The van der Waals surface area contributed by atoms with E-state index in [1.165, 1.54) is 0 Å². The van der Waals surface area contributed by atoms with Crippen LogP contribution in [0.1, 0.15) is 0 Å². The van der Waals surface area contributed by atoms with Gasteiger partial charge in [-0.2, -0.15) is 0 Å². The molecule has 5 heteroatoms. The van der Waals surface area contributed by atoms with Gasteiger partial charge in [-0.3, -0.25) is 4.40 Å². The highest BCUT2D eigenvalue weighted by molar-refractivity contribution is 6.06. The number of nitrogens with zero attached hydrogens (tertiary/aromatic N) is 5. The lowest BCUT2D eigenvalue weighted by Gasteiger charge is -2.13. The molecule has 3 aromatic heterocycles. The van der Waals surface area contributed by atoms with E-state index in [9.17, 15) is 0 Å². The van der Waals surface area contributed by atoms with Crippen LogP contribution in [-0.4, -0.2) is 24.3 Å². The maximum atomic E-state index is 5.24. The molecule has 220 valence electrons. The lowest BCUT2D eigenvalue weighted by molar-refractivity contribution is 1.05. The van der Waals surface area contributed by atoms with E-state index in [0.717, 1.165) is 72.4 Å². The molecule has 9 rings (SSSR count). The summed E-state index contributed by atoms with van der Waals surface area (Å²) < 4.78 is 2.21. The van der Waals surface area contributed by atoms with Crippen molar-refractivity contribution in [3.8, 4) is 56.7 Å². The maximum absolute atomic E-state index is 5.24. The smallest absolute Gasteiger partial charge is 0.163 e. The van der Waals surface area contributed by atoms with Gasteiger partial charge in [-0.25, -0.2) is 19.9 Å². The maximum Gasteiger partial charge on any atom is 0.163 e. The number of aromatic nitrogens is 5. The summed E-state index contributed by atoms with van der Waals surface area (Å²) in [6.45, 7) is 0. The Bertz CT molecular complexity index is 2540. The molecule has 3 heterocycles. The molecule has 9 aromatic rings. The standard InChI is InChI=1S/C42H27N5/c1-4-14-28(15-5-1)37-35-22-12-13-23-36(35)43-39(44-37)31-24-26-32(27-25-31)41-45-40(30-18-8-3-9-19-30)46-42-34-21-11-10-20-33(34)38(47(41)42)29-16-6-2-7-17-29/h1-27H. The molecule has 0 amide bonds. The number of hydrogen-bond donors (Lipinski definition) is 0. The molecule has 5 nitrogen and oxygen atoms in total. The average Bonchev–Trinajstić information content (AvgIpc) is 3.49. The van der Waals surface area contributed by atoms with Crippen molar-refractivity contribution in [2.45, 2.75) is 0 Å². The van der Waals surface area contributed by atoms with E-state index in [-0.39, 0.29) is 0 Å². The molecule has 6 aromatic carbocycles. The molecule has 47 heavy (non-hydrogen) atoms. The van der Waals surface area contributed by atoms with Gasteiger partial charge in [-0.15, -0.1) is 0 Å². The average molecular weight is 602 g/mol. The number of para-hydroxylation sites is 1. The highest BCUT2D eigenvalue weighted by Gasteiger charge is 2.21. The zero-order valence-electron chi connectivity index (χ0n) is 25.3. The summed E-state index contributed by atoms with van der Waals surface area (Å²) in [7, 11) is 0. The summed E-state index contributed by atoms with van der Waals surface area (Å²) in [5.74, 6) is 2.19. The van der Waals surface area contributed by atoms with Gasteiger partial charge in [0, 0.05) is 38.4 Å². The van der Waals surface area contributed by atoms with Gasteiger partial charge in [0.1, 0.15) is 11.5 Å². The Morgan fingerprint density at radius 3 is 1.55 bits per heavy atom. The monoisotopic (exact) mass is 601 g/mol. The minimum Gasteiger partial charge on any atom is -0.277 e. The summed E-state index contributed by atoms with van der Waals surface area (Å²) in [5, 5.41) is 3.25. The van der Waals surface area contributed by atoms with Crippen molar-refractivity contribution in [2.24, 2.45) is 0 Å². The molecule has 0 saturated carbocycles. The van der Waals surface area contributed by atoms with Gasteiger partial charge >= 0.3 is 0 Å². The Kier molecular flexibility index (Phi) is 6.39. The van der Waals surface area contributed by atoms with Crippen molar-refractivity contribution in [1.29, 1.82) is 0 Å². The van der Waals surface area contributed by atoms with E-state index >= 15 is 0 Å². The van der Waals surface area contributed by atoms with Crippen LogP contribution in [0.4, 0.5) is 0 Å². The third kappa shape index (κ3) is 4.64. The van der Waals surface area contributed by atoms with Crippen molar-refractivity contribution in [3.05, 3.63) is 164 Å². The lowest BCUT2D eigenvalue weighted by atomic mass is 10.1. The quantitative estimate of drug-likeness (QED) is 0.197. The van der Waals surface area contributed by atoms with Crippen LogP contribution >= 0.6 is 0 Å². The second kappa shape index (κ2) is 11.2. The normalized spacial score (nSPS) is 11.4. The molecule has 0 N–H and O–H groups in total. The van der Waals surface area contributed by atoms with Gasteiger partial charge in [-0.1, -0.05) is 158 Å². The van der Waals surface area contributed by atoms with Crippen molar-refractivity contribution in [3.63, 3.8) is 0 Å². The number of fused-ring (bicyclic) bond motifs is 4.